The van der Waals surface area contributed by atoms with E-state index in [2.05, 4.69) is 17.3 Å². The van der Waals surface area contributed by atoms with E-state index in [1.807, 2.05) is 24.0 Å². The molecule has 0 aliphatic rings. The standard InChI is InChI=1S/C9H17N3O/c1-3-12-6-9(5-11-12)4-10-8(2)7-13/h5-6,8,10,13H,3-4,7H2,1-2H3/t8-/m1/s1. The maximum atomic E-state index is 8.78. The second-order valence-corrected chi connectivity index (χ2v) is 3.17. The maximum Gasteiger partial charge on any atom is 0.0582 e. The zero-order chi connectivity index (χ0) is 9.68. The molecule has 0 saturated carbocycles. The van der Waals surface area contributed by atoms with Crippen molar-refractivity contribution >= 4 is 0 Å². The quantitative estimate of drug-likeness (QED) is 0.693. The molecule has 4 heteroatoms. The fourth-order valence-electron chi connectivity index (χ4n) is 1.03. The third kappa shape index (κ3) is 3.16. The lowest BCUT2D eigenvalue weighted by atomic mass is 10.3. The van der Waals surface area contributed by atoms with Crippen LogP contribution in [0.4, 0.5) is 0 Å². The summed E-state index contributed by atoms with van der Waals surface area (Å²) in [5.41, 5.74) is 1.15. The Hall–Kier alpha value is -0.870. The SMILES string of the molecule is CCn1cc(CN[C@H](C)CO)cn1. The molecule has 0 bridgehead atoms. The van der Waals surface area contributed by atoms with E-state index in [1.54, 1.807) is 0 Å². The number of aromatic nitrogens is 2. The summed E-state index contributed by atoms with van der Waals surface area (Å²) < 4.78 is 1.89. The van der Waals surface area contributed by atoms with Crippen LogP contribution >= 0.6 is 0 Å². The van der Waals surface area contributed by atoms with Crippen LogP contribution in [0.1, 0.15) is 19.4 Å². The number of aliphatic hydroxyl groups excluding tert-OH is 1. The third-order valence-electron chi connectivity index (χ3n) is 1.94. The average Bonchev–Trinajstić information content (AvgIpc) is 2.61. The van der Waals surface area contributed by atoms with Crippen LogP contribution in [-0.2, 0) is 13.1 Å². The van der Waals surface area contributed by atoms with E-state index in [4.69, 9.17) is 5.11 Å². The van der Waals surface area contributed by atoms with E-state index in [9.17, 15) is 0 Å². The van der Waals surface area contributed by atoms with Gasteiger partial charge in [0, 0.05) is 30.9 Å². The number of aliphatic hydroxyl groups is 1. The molecule has 74 valence electrons. The van der Waals surface area contributed by atoms with Gasteiger partial charge in [0.05, 0.1) is 12.8 Å². The van der Waals surface area contributed by atoms with E-state index in [1.165, 1.54) is 0 Å². The summed E-state index contributed by atoms with van der Waals surface area (Å²) in [5, 5.41) is 16.1. The number of hydrogen-bond donors (Lipinski definition) is 2. The van der Waals surface area contributed by atoms with Crippen LogP contribution in [-0.4, -0.2) is 27.5 Å². The summed E-state index contributed by atoms with van der Waals surface area (Å²) in [6, 6.07) is 0.143. The van der Waals surface area contributed by atoms with Gasteiger partial charge in [-0.1, -0.05) is 0 Å². The van der Waals surface area contributed by atoms with Crippen LogP contribution in [0.15, 0.2) is 12.4 Å². The Balaban J connectivity index is 2.36. The minimum atomic E-state index is 0.143. The number of aryl methyl sites for hydroxylation is 1. The van der Waals surface area contributed by atoms with Crippen molar-refractivity contribution in [3.05, 3.63) is 18.0 Å². The lowest BCUT2D eigenvalue weighted by Crippen LogP contribution is -2.28. The highest BCUT2D eigenvalue weighted by molar-refractivity contribution is 5.03. The van der Waals surface area contributed by atoms with Crippen LogP contribution in [0.5, 0.6) is 0 Å². The van der Waals surface area contributed by atoms with Gasteiger partial charge in [-0.3, -0.25) is 4.68 Å². The van der Waals surface area contributed by atoms with Crippen LogP contribution < -0.4 is 5.32 Å². The van der Waals surface area contributed by atoms with Crippen LogP contribution in [0.3, 0.4) is 0 Å². The minimum absolute atomic E-state index is 0.143. The van der Waals surface area contributed by atoms with E-state index in [0.29, 0.717) is 0 Å². The molecule has 13 heavy (non-hydrogen) atoms. The highest BCUT2D eigenvalue weighted by Crippen LogP contribution is 1.97. The lowest BCUT2D eigenvalue weighted by Gasteiger charge is -2.08. The van der Waals surface area contributed by atoms with Gasteiger partial charge in [-0.2, -0.15) is 5.10 Å². The molecule has 0 aliphatic carbocycles. The Labute approximate surface area is 78.6 Å². The summed E-state index contributed by atoms with van der Waals surface area (Å²) >= 11 is 0. The molecule has 0 fully saturated rings. The van der Waals surface area contributed by atoms with Crippen molar-refractivity contribution in [3.63, 3.8) is 0 Å². The van der Waals surface area contributed by atoms with Gasteiger partial charge in [0.15, 0.2) is 0 Å². The highest BCUT2D eigenvalue weighted by Gasteiger charge is 2.00. The van der Waals surface area contributed by atoms with Crippen molar-refractivity contribution in [1.29, 1.82) is 0 Å². The fraction of sp³-hybridized carbons (Fsp3) is 0.667. The maximum absolute atomic E-state index is 8.78. The Morgan fingerprint density at radius 3 is 3.00 bits per heavy atom. The number of rotatable bonds is 5. The van der Waals surface area contributed by atoms with Crippen molar-refractivity contribution in [2.24, 2.45) is 0 Å². The predicted octanol–water partition coefficient (Wildman–Crippen LogP) is 0.373. The fourth-order valence-corrected chi connectivity index (χ4v) is 1.03. The molecule has 0 aromatic carbocycles. The summed E-state index contributed by atoms with van der Waals surface area (Å²) in [6.45, 7) is 5.84. The first-order chi connectivity index (χ1) is 6.26. The number of nitrogens with zero attached hydrogens (tertiary/aromatic N) is 2. The molecule has 0 spiro atoms. The van der Waals surface area contributed by atoms with E-state index in [0.717, 1.165) is 18.7 Å². The van der Waals surface area contributed by atoms with Gasteiger partial charge >= 0.3 is 0 Å². The predicted molar refractivity (Wildman–Crippen MR) is 51.3 cm³/mol. The van der Waals surface area contributed by atoms with Crippen molar-refractivity contribution in [2.45, 2.75) is 33.0 Å². The normalized spacial score (nSPS) is 13.2. The molecule has 0 radical (unpaired) electrons. The van der Waals surface area contributed by atoms with Crippen LogP contribution in [0, 0.1) is 0 Å². The molecular formula is C9H17N3O. The first-order valence-electron chi connectivity index (χ1n) is 4.61. The number of hydrogen-bond acceptors (Lipinski definition) is 3. The molecule has 1 aromatic rings. The molecule has 1 rings (SSSR count). The first-order valence-corrected chi connectivity index (χ1v) is 4.61. The Bertz CT molecular complexity index is 247. The minimum Gasteiger partial charge on any atom is -0.395 e. The molecular weight excluding hydrogens is 166 g/mol. The van der Waals surface area contributed by atoms with Crippen molar-refractivity contribution < 1.29 is 5.11 Å². The zero-order valence-corrected chi connectivity index (χ0v) is 8.20. The van der Waals surface area contributed by atoms with Gasteiger partial charge in [0.1, 0.15) is 0 Å². The second-order valence-electron chi connectivity index (χ2n) is 3.17. The average molecular weight is 183 g/mol. The molecule has 0 saturated heterocycles. The van der Waals surface area contributed by atoms with Gasteiger partial charge in [0.2, 0.25) is 0 Å². The first kappa shape index (κ1) is 10.2. The summed E-state index contributed by atoms with van der Waals surface area (Å²) in [4.78, 5) is 0. The van der Waals surface area contributed by atoms with Crippen LogP contribution in [0.2, 0.25) is 0 Å². The molecule has 2 N–H and O–H groups in total. The van der Waals surface area contributed by atoms with E-state index < -0.39 is 0 Å². The van der Waals surface area contributed by atoms with Gasteiger partial charge in [-0.15, -0.1) is 0 Å². The van der Waals surface area contributed by atoms with Crippen molar-refractivity contribution in [2.75, 3.05) is 6.61 Å². The molecule has 1 aromatic heterocycles. The second kappa shape index (κ2) is 4.99. The Morgan fingerprint density at radius 2 is 2.46 bits per heavy atom. The van der Waals surface area contributed by atoms with Gasteiger partial charge in [-0.25, -0.2) is 0 Å². The van der Waals surface area contributed by atoms with Gasteiger partial charge in [-0.05, 0) is 13.8 Å². The summed E-state index contributed by atoms with van der Waals surface area (Å²) in [6.07, 6.45) is 3.86. The topological polar surface area (TPSA) is 50.1 Å². The van der Waals surface area contributed by atoms with E-state index >= 15 is 0 Å². The molecule has 4 nitrogen and oxygen atoms in total. The Morgan fingerprint density at radius 1 is 1.69 bits per heavy atom. The van der Waals surface area contributed by atoms with Crippen molar-refractivity contribution in [1.82, 2.24) is 15.1 Å². The molecule has 1 heterocycles. The molecule has 0 aliphatic heterocycles. The van der Waals surface area contributed by atoms with E-state index in [-0.39, 0.29) is 12.6 Å². The highest BCUT2D eigenvalue weighted by atomic mass is 16.3. The zero-order valence-electron chi connectivity index (χ0n) is 8.20. The smallest absolute Gasteiger partial charge is 0.0582 e. The number of nitrogens with one attached hydrogen (secondary N) is 1. The largest absolute Gasteiger partial charge is 0.395 e. The van der Waals surface area contributed by atoms with Gasteiger partial charge < -0.3 is 10.4 Å². The van der Waals surface area contributed by atoms with Gasteiger partial charge in [0.25, 0.3) is 0 Å². The monoisotopic (exact) mass is 183 g/mol. The third-order valence-corrected chi connectivity index (χ3v) is 1.94. The van der Waals surface area contributed by atoms with Crippen LogP contribution in [0.25, 0.3) is 0 Å². The Kier molecular flexibility index (Phi) is 3.92. The van der Waals surface area contributed by atoms with Crippen molar-refractivity contribution in [3.8, 4) is 0 Å². The molecule has 0 unspecified atom stereocenters. The summed E-state index contributed by atoms with van der Waals surface area (Å²) in [5.74, 6) is 0. The molecule has 0 amide bonds. The lowest BCUT2D eigenvalue weighted by molar-refractivity contribution is 0.251. The summed E-state index contributed by atoms with van der Waals surface area (Å²) in [7, 11) is 0. The molecule has 1 atom stereocenters.